The molecule has 7 heteroatoms. The van der Waals surface area contributed by atoms with Crippen LogP contribution in [-0.4, -0.2) is 55.2 Å². The van der Waals surface area contributed by atoms with Crippen molar-refractivity contribution in [3.05, 3.63) is 59.9 Å². The molecule has 0 unspecified atom stereocenters. The Morgan fingerprint density at radius 3 is 2.52 bits per heavy atom. The zero-order chi connectivity index (χ0) is 19.3. The number of sulfonamides is 1. The number of likely N-dealkylation sites (tertiary alicyclic amines) is 1. The number of piperidine rings is 1. The first-order chi connectivity index (χ1) is 13.0. The van der Waals surface area contributed by atoms with Gasteiger partial charge in [0.15, 0.2) is 0 Å². The predicted octanol–water partition coefficient (Wildman–Crippen LogP) is 2.57. The molecule has 1 amide bonds. The fraction of sp³-hybridized carbons (Fsp3) is 0.400. The third-order valence-corrected chi connectivity index (χ3v) is 6.75. The summed E-state index contributed by atoms with van der Waals surface area (Å²) in [6, 6.07) is 10.1. The normalized spacial score (nSPS) is 15.1. The largest absolute Gasteiger partial charge is 0.339 e. The summed E-state index contributed by atoms with van der Waals surface area (Å²) < 4.78 is 27.1. The monoisotopic (exact) mass is 387 g/mol. The van der Waals surface area contributed by atoms with Gasteiger partial charge < -0.3 is 4.90 Å². The number of carbonyl (C=O) groups is 1. The van der Waals surface area contributed by atoms with Gasteiger partial charge in [-0.25, -0.2) is 12.7 Å². The number of likely N-dealkylation sites (N-methyl/N-ethyl adjacent to an activating group) is 1. The van der Waals surface area contributed by atoms with Crippen LogP contribution in [0, 0.1) is 0 Å². The minimum absolute atomic E-state index is 0.0915. The first-order valence-electron chi connectivity index (χ1n) is 9.23. The summed E-state index contributed by atoms with van der Waals surface area (Å²) in [6.45, 7) is 1.83. The van der Waals surface area contributed by atoms with Crippen LogP contribution in [0.5, 0.6) is 0 Å². The topological polar surface area (TPSA) is 70.6 Å². The molecule has 27 heavy (non-hydrogen) atoms. The molecule has 1 saturated heterocycles. The van der Waals surface area contributed by atoms with Gasteiger partial charge in [-0.2, -0.15) is 0 Å². The van der Waals surface area contributed by atoms with Crippen LogP contribution in [0.1, 0.15) is 35.2 Å². The fourth-order valence-electron chi connectivity index (χ4n) is 3.21. The molecule has 0 atom stereocenters. The minimum Gasteiger partial charge on any atom is -0.339 e. The highest BCUT2D eigenvalue weighted by Crippen LogP contribution is 2.19. The first-order valence-corrected chi connectivity index (χ1v) is 10.7. The van der Waals surface area contributed by atoms with Gasteiger partial charge >= 0.3 is 0 Å². The number of carbonyl (C=O) groups excluding carboxylic acids is 1. The predicted molar refractivity (Wildman–Crippen MR) is 104 cm³/mol. The average molecular weight is 388 g/mol. The molecule has 0 bridgehead atoms. The van der Waals surface area contributed by atoms with E-state index in [0.29, 0.717) is 18.5 Å². The van der Waals surface area contributed by atoms with E-state index in [1.807, 2.05) is 17.0 Å². The third-order valence-electron chi connectivity index (χ3n) is 4.90. The third kappa shape index (κ3) is 4.73. The zero-order valence-electron chi connectivity index (χ0n) is 15.5. The van der Waals surface area contributed by atoms with Crippen LogP contribution >= 0.6 is 0 Å². The van der Waals surface area contributed by atoms with E-state index >= 15 is 0 Å². The average Bonchev–Trinajstić information content (AvgIpc) is 2.73. The molecule has 2 heterocycles. The van der Waals surface area contributed by atoms with Crippen molar-refractivity contribution in [2.45, 2.75) is 30.6 Å². The second kappa shape index (κ2) is 8.63. The molecule has 1 aliphatic heterocycles. The maximum atomic E-state index is 12.9. The van der Waals surface area contributed by atoms with Gasteiger partial charge in [-0.1, -0.05) is 6.07 Å². The van der Waals surface area contributed by atoms with E-state index in [0.717, 1.165) is 37.9 Å². The van der Waals surface area contributed by atoms with E-state index in [9.17, 15) is 13.2 Å². The van der Waals surface area contributed by atoms with Crippen molar-refractivity contribution < 1.29 is 13.2 Å². The summed E-state index contributed by atoms with van der Waals surface area (Å²) in [7, 11) is -2.08. The lowest BCUT2D eigenvalue weighted by atomic mass is 10.1. The molecule has 0 aliphatic carbocycles. The summed E-state index contributed by atoms with van der Waals surface area (Å²) in [4.78, 5) is 18.6. The van der Waals surface area contributed by atoms with Gasteiger partial charge in [-0.05, 0) is 61.6 Å². The molecule has 144 valence electrons. The molecule has 6 nitrogen and oxygen atoms in total. The smallest absolute Gasteiger partial charge is 0.253 e. The Morgan fingerprint density at radius 1 is 1.11 bits per heavy atom. The Morgan fingerprint density at radius 2 is 1.81 bits per heavy atom. The second-order valence-electron chi connectivity index (χ2n) is 6.81. The molecule has 3 rings (SSSR count). The van der Waals surface area contributed by atoms with Crippen molar-refractivity contribution in [1.29, 1.82) is 0 Å². The highest BCUT2D eigenvalue weighted by Gasteiger charge is 2.23. The van der Waals surface area contributed by atoms with Crippen molar-refractivity contribution in [3.63, 3.8) is 0 Å². The molecule has 1 aliphatic rings. The van der Waals surface area contributed by atoms with E-state index < -0.39 is 10.0 Å². The van der Waals surface area contributed by atoms with Crippen molar-refractivity contribution in [1.82, 2.24) is 14.2 Å². The van der Waals surface area contributed by atoms with Crippen LogP contribution in [0.4, 0.5) is 0 Å². The highest BCUT2D eigenvalue weighted by molar-refractivity contribution is 7.89. The van der Waals surface area contributed by atoms with Gasteiger partial charge in [-0.3, -0.25) is 9.78 Å². The molecule has 0 N–H and O–H groups in total. The number of benzene rings is 1. The van der Waals surface area contributed by atoms with Gasteiger partial charge in [0.1, 0.15) is 0 Å². The first kappa shape index (κ1) is 19.5. The molecule has 1 fully saturated rings. The second-order valence-corrected chi connectivity index (χ2v) is 8.86. The summed E-state index contributed by atoms with van der Waals surface area (Å²) in [5, 5.41) is 0. The lowest BCUT2D eigenvalue weighted by Crippen LogP contribution is -2.35. The Bertz CT molecular complexity index is 878. The number of amides is 1. The number of rotatable bonds is 6. The molecular weight excluding hydrogens is 362 g/mol. The molecular formula is C20H25N3O3S. The Labute approximate surface area is 160 Å². The maximum Gasteiger partial charge on any atom is 0.253 e. The summed E-state index contributed by atoms with van der Waals surface area (Å²) >= 11 is 0. The molecule has 0 radical (unpaired) electrons. The fourth-order valence-corrected chi connectivity index (χ4v) is 4.42. The van der Waals surface area contributed by atoms with Gasteiger partial charge in [0, 0.05) is 44.6 Å². The Balaban J connectivity index is 1.73. The Hall–Kier alpha value is -2.25. The quantitative estimate of drug-likeness (QED) is 0.764. The number of nitrogens with zero attached hydrogens (tertiary/aromatic N) is 3. The van der Waals surface area contributed by atoms with E-state index in [2.05, 4.69) is 4.98 Å². The lowest BCUT2D eigenvalue weighted by Gasteiger charge is -2.27. The summed E-state index contributed by atoms with van der Waals surface area (Å²) in [5.41, 5.74) is 1.46. The maximum absolute atomic E-state index is 12.9. The SMILES string of the molecule is CN(CCc1ccncc1)S(=O)(=O)c1cccc(C(=O)N2CCCCC2)c1. The minimum atomic E-state index is -3.65. The van der Waals surface area contributed by atoms with E-state index in [4.69, 9.17) is 0 Å². The molecule has 0 spiro atoms. The van der Waals surface area contributed by atoms with Crippen molar-refractivity contribution in [3.8, 4) is 0 Å². The molecule has 1 aromatic heterocycles. The molecule has 1 aromatic carbocycles. The van der Waals surface area contributed by atoms with Gasteiger partial charge in [-0.15, -0.1) is 0 Å². The number of hydrogen-bond donors (Lipinski definition) is 0. The Kier molecular flexibility index (Phi) is 6.23. The van der Waals surface area contributed by atoms with E-state index in [1.54, 1.807) is 37.6 Å². The van der Waals surface area contributed by atoms with Gasteiger partial charge in [0.2, 0.25) is 10.0 Å². The van der Waals surface area contributed by atoms with Crippen LogP contribution < -0.4 is 0 Å². The van der Waals surface area contributed by atoms with Crippen molar-refractivity contribution in [2.75, 3.05) is 26.7 Å². The molecule has 0 saturated carbocycles. The van der Waals surface area contributed by atoms with Crippen molar-refractivity contribution in [2.24, 2.45) is 0 Å². The van der Waals surface area contributed by atoms with Gasteiger partial charge in [0.25, 0.3) is 5.91 Å². The van der Waals surface area contributed by atoms with Crippen molar-refractivity contribution >= 4 is 15.9 Å². The van der Waals surface area contributed by atoms with Crippen LogP contribution in [0.2, 0.25) is 0 Å². The van der Waals surface area contributed by atoms with Crippen LogP contribution in [0.25, 0.3) is 0 Å². The van der Waals surface area contributed by atoms with E-state index in [-0.39, 0.29) is 10.8 Å². The number of aromatic nitrogens is 1. The zero-order valence-corrected chi connectivity index (χ0v) is 16.4. The summed E-state index contributed by atoms with van der Waals surface area (Å²) in [6.07, 6.45) is 7.13. The number of hydrogen-bond acceptors (Lipinski definition) is 4. The van der Waals surface area contributed by atoms with E-state index in [1.165, 1.54) is 10.4 Å². The molecule has 2 aromatic rings. The van der Waals surface area contributed by atoms with Gasteiger partial charge in [0.05, 0.1) is 4.90 Å². The highest BCUT2D eigenvalue weighted by atomic mass is 32.2. The lowest BCUT2D eigenvalue weighted by molar-refractivity contribution is 0.0724. The van der Waals surface area contributed by atoms with Crippen LogP contribution in [0.3, 0.4) is 0 Å². The van der Waals surface area contributed by atoms with Crippen LogP contribution in [0.15, 0.2) is 53.7 Å². The van der Waals surface area contributed by atoms with Crippen LogP contribution in [-0.2, 0) is 16.4 Å². The standard InChI is InChI=1S/C20H25N3O3S/c1-22(15-10-17-8-11-21-12-9-17)27(25,26)19-7-5-6-18(16-19)20(24)23-13-3-2-4-14-23/h5-9,11-12,16H,2-4,10,13-15H2,1H3. The number of pyridine rings is 1. The summed E-state index contributed by atoms with van der Waals surface area (Å²) in [5.74, 6) is -0.0915.